The predicted octanol–water partition coefficient (Wildman–Crippen LogP) is 9.38. The van der Waals surface area contributed by atoms with Gasteiger partial charge in [-0.3, -0.25) is 0 Å². The molecular formula is C42H62N2O2. The second-order valence-corrected chi connectivity index (χ2v) is 18.4. The van der Waals surface area contributed by atoms with Crippen molar-refractivity contribution in [1.29, 1.82) is 0 Å². The van der Waals surface area contributed by atoms with Gasteiger partial charge in [0.05, 0.1) is 5.56 Å². The van der Waals surface area contributed by atoms with Crippen LogP contribution in [0.1, 0.15) is 128 Å². The van der Waals surface area contributed by atoms with E-state index in [1.165, 1.54) is 101 Å². The van der Waals surface area contributed by atoms with Crippen molar-refractivity contribution in [2.24, 2.45) is 57.2 Å². The van der Waals surface area contributed by atoms with Crippen LogP contribution in [-0.4, -0.2) is 36.2 Å². The molecule has 5 aliphatic carbocycles. The monoisotopic (exact) mass is 626 g/mol. The molecule has 1 aromatic rings. The number of benzene rings is 1. The number of piperidine rings is 1. The van der Waals surface area contributed by atoms with Gasteiger partial charge in [0.15, 0.2) is 0 Å². The molecule has 5 fully saturated rings. The summed E-state index contributed by atoms with van der Waals surface area (Å²) in [6.45, 7) is 23.7. The van der Waals surface area contributed by atoms with Gasteiger partial charge in [0.1, 0.15) is 0 Å². The zero-order valence-electron chi connectivity index (χ0n) is 29.8. The van der Waals surface area contributed by atoms with E-state index in [2.05, 4.69) is 64.8 Å². The summed E-state index contributed by atoms with van der Waals surface area (Å²) in [6.07, 6.45) is 17.1. The van der Waals surface area contributed by atoms with Crippen LogP contribution in [0.4, 0.5) is 0 Å². The zero-order valence-corrected chi connectivity index (χ0v) is 29.8. The zero-order chi connectivity index (χ0) is 32.7. The molecule has 252 valence electrons. The SMILES string of the molecule is C=C(C)[C@@H]1CC[C@]2(NCC3CCCNC3)CC[C@]3(C)[C@H](CC[C@@H]4[C@@]5(C)CC=C(c6ccc(C(=O)O)cc6)C(C)(C)[C@@H]5CC[C@]43C)[C@@H]12. The molecule has 4 nitrogen and oxygen atoms in total. The van der Waals surface area contributed by atoms with E-state index in [4.69, 9.17) is 0 Å². The Morgan fingerprint density at radius 3 is 2.37 bits per heavy atom. The van der Waals surface area contributed by atoms with Crippen molar-refractivity contribution in [2.45, 2.75) is 118 Å². The van der Waals surface area contributed by atoms with Crippen molar-refractivity contribution >= 4 is 11.5 Å². The van der Waals surface area contributed by atoms with Crippen molar-refractivity contribution in [3.8, 4) is 0 Å². The number of nitrogens with one attached hydrogen (secondary N) is 2. The third kappa shape index (κ3) is 4.69. The molecule has 4 saturated carbocycles. The molecule has 1 saturated heterocycles. The first-order chi connectivity index (χ1) is 21.8. The second kappa shape index (κ2) is 11.3. The van der Waals surface area contributed by atoms with Gasteiger partial charge < -0.3 is 15.7 Å². The number of hydrogen-bond acceptors (Lipinski definition) is 3. The van der Waals surface area contributed by atoms with E-state index in [0.29, 0.717) is 34.1 Å². The van der Waals surface area contributed by atoms with E-state index >= 15 is 0 Å². The molecule has 0 spiro atoms. The lowest BCUT2D eigenvalue weighted by molar-refractivity contribution is -0.219. The number of fused-ring (bicyclic) bond motifs is 7. The highest BCUT2D eigenvalue weighted by Gasteiger charge is 2.70. The summed E-state index contributed by atoms with van der Waals surface area (Å²) in [4.78, 5) is 11.5. The van der Waals surface area contributed by atoms with Crippen LogP contribution < -0.4 is 10.6 Å². The largest absolute Gasteiger partial charge is 0.478 e. The lowest BCUT2D eigenvalue weighted by Crippen LogP contribution is -2.68. The molecule has 3 N–H and O–H groups in total. The molecule has 1 unspecified atom stereocenters. The first-order valence-electron chi connectivity index (χ1n) is 18.9. The van der Waals surface area contributed by atoms with Gasteiger partial charge in [0.2, 0.25) is 0 Å². The third-order valence-electron chi connectivity index (χ3n) is 16.2. The maximum absolute atomic E-state index is 11.5. The van der Waals surface area contributed by atoms with Crippen LogP contribution >= 0.6 is 0 Å². The summed E-state index contributed by atoms with van der Waals surface area (Å²) >= 11 is 0. The van der Waals surface area contributed by atoms with E-state index in [0.717, 1.165) is 24.2 Å². The highest BCUT2D eigenvalue weighted by atomic mass is 16.4. The van der Waals surface area contributed by atoms with E-state index in [1.807, 2.05) is 12.1 Å². The topological polar surface area (TPSA) is 61.4 Å². The lowest BCUT2D eigenvalue weighted by Gasteiger charge is -2.72. The number of rotatable bonds is 6. The molecule has 46 heavy (non-hydrogen) atoms. The molecular weight excluding hydrogens is 564 g/mol. The van der Waals surface area contributed by atoms with Crippen LogP contribution in [-0.2, 0) is 0 Å². The maximum Gasteiger partial charge on any atom is 0.335 e. The molecule has 0 bridgehead atoms. The van der Waals surface area contributed by atoms with Gasteiger partial charge >= 0.3 is 5.97 Å². The van der Waals surface area contributed by atoms with Crippen LogP contribution in [0.5, 0.6) is 0 Å². The Morgan fingerprint density at radius 2 is 1.70 bits per heavy atom. The van der Waals surface area contributed by atoms with Crippen molar-refractivity contribution in [3.63, 3.8) is 0 Å². The quantitative estimate of drug-likeness (QED) is 0.275. The molecule has 1 aromatic carbocycles. The summed E-state index contributed by atoms with van der Waals surface area (Å²) in [5.74, 6) is 3.40. The Hall–Kier alpha value is -1.91. The van der Waals surface area contributed by atoms with Crippen molar-refractivity contribution in [3.05, 3.63) is 53.6 Å². The van der Waals surface area contributed by atoms with Crippen molar-refractivity contribution < 1.29 is 9.90 Å². The molecule has 1 aliphatic heterocycles. The highest BCUT2D eigenvalue weighted by Crippen LogP contribution is 2.76. The number of allylic oxidation sites excluding steroid dienone is 3. The van der Waals surface area contributed by atoms with Gasteiger partial charge in [0.25, 0.3) is 0 Å². The van der Waals surface area contributed by atoms with Crippen LogP contribution in [0.15, 0.2) is 42.5 Å². The predicted molar refractivity (Wildman–Crippen MR) is 190 cm³/mol. The van der Waals surface area contributed by atoms with Gasteiger partial charge in [0, 0.05) is 5.54 Å². The smallest absolute Gasteiger partial charge is 0.335 e. The fraction of sp³-hybridized carbons (Fsp3) is 0.738. The molecule has 0 aromatic heterocycles. The number of carbonyl (C=O) groups is 1. The third-order valence-corrected chi connectivity index (χ3v) is 16.2. The Labute approximate surface area is 279 Å². The van der Waals surface area contributed by atoms with E-state index in [-0.39, 0.29) is 16.4 Å². The van der Waals surface area contributed by atoms with Gasteiger partial charge in [-0.25, -0.2) is 4.79 Å². The van der Waals surface area contributed by atoms with E-state index in [1.54, 1.807) is 12.1 Å². The van der Waals surface area contributed by atoms with E-state index < -0.39 is 5.97 Å². The van der Waals surface area contributed by atoms with Crippen LogP contribution in [0.25, 0.3) is 5.57 Å². The molecule has 4 heteroatoms. The number of aromatic carboxylic acids is 1. The Kier molecular flexibility index (Phi) is 8.04. The minimum Gasteiger partial charge on any atom is -0.478 e. The minimum absolute atomic E-state index is 0.0486. The summed E-state index contributed by atoms with van der Waals surface area (Å²) in [7, 11) is 0. The summed E-state index contributed by atoms with van der Waals surface area (Å²) in [5, 5.41) is 17.5. The van der Waals surface area contributed by atoms with Crippen molar-refractivity contribution in [2.75, 3.05) is 19.6 Å². The van der Waals surface area contributed by atoms with E-state index in [9.17, 15) is 9.90 Å². The van der Waals surface area contributed by atoms with Gasteiger partial charge in [-0.2, -0.15) is 0 Å². The summed E-state index contributed by atoms with van der Waals surface area (Å²) < 4.78 is 0. The molecule has 0 amide bonds. The first kappa shape index (κ1) is 32.6. The average molecular weight is 627 g/mol. The van der Waals surface area contributed by atoms with Crippen LogP contribution in [0, 0.1) is 57.2 Å². The molecule has 7 rings (SSSR count). The maximum atomic E-state index is 11.5. The molecule has 6 aliphatic rings. The van der Waals surface area contributed by atoms with Crippen molar-refractivity contribution in [1.82, 2.24) is 10.6 Å². The Bertz CT molecular complexity index is 1390. The van der Waals surface area contributed by atoms with Gasteiger partial charge in [-0.05, 0) is 178 Å². The fourth-order valence-electron chi connectivity index (χ4n) is 13.8. The fourth-order valence-corrected chi connectivity index (χ4v) is 13.8. The molecule has 10 atom stereocenters. The molecule has 1 heterocycles. The first-order valence-corrected chi connectivity index (χ1v) is 18.9. The normalized spacial score (nSPS) is 44.6. The van der Waals surface area contributed by atoms with Crippen LogP contribution in [0.3, 0.4) is 0 Å². The average Bonchev–Trinajstić information content (AvgIpc) is 3.41. The molecule has 0 radical (unpaired) electrons. The highest BCUT2D eigenvalue weighted by molar-refractivity contribution is 5.88. The van der Waals surface area contributed by atoms with Gasteiger partial charge in [-0.15, -0.1) is 0 Å². The standard InChI is InChI=1S/C42H62N2O2/c1-27(2)31-16-21-42(44-26-28-9-8-24-43-25-28)23-22-40(6)33(36(31)42)14-15-35-39(5)19-17-32(29-10-12-30(13-11-29)37(45)46)38(3,4)34(39)18-20-41(35,40)7/h10-13,17,28,31,33-36,43-44H,1,8-9,14-16,18-26H2,2-7H3,(H,45,46)/t28?,31-,33+,34-,35+,36+,39-,40+,41+,42-/m0/s1. The summed E-state index contributed by atoms with van der Waals surface area (Å²) in [6, 6.07) is 7.67. The summed E-state index contributed by atoms with van der Waals surface area (Å²) in [5.41, 5.74) is 5.74. The minimum atomic E-state index is -0.851. The number of hydrogen-bond donors (Lipinski definition) is 3. The number of carboxylic acid groups (broad SMARTS) is 1. The number of carboxylic acids is 1. The Balaban J connectivity index is 1.19. The van der Waals surface area contributed by atoms with Gasteiger partial charge in [-0.1, -0.05) is 65.0 Å². The Morgan fingerprint density at radius 1 is 0.935 bits per heavy atom. The lowest BCUT2D eigenvalue weighted by atomic mass is 9.33. The van der Waals surface area contributed by atoms with Crippen LogP contribution in [0.2, 0.25) is 0 Å². The second-order valence-electron chi connectivity index (χ2n) is 18.4.